The molecule has 0 bridgehead atoms. The average Bonchev–Trinajstić information content (AvgIpc) is 2.56. The molecule has 1 aromatic carbocycles. The second-order valence-corrected chi connectivity index (χ2v) is 5.89. The molecule has 1 unspecified atom stereocenters. The van der Waals surface area contributed by atoms with E-state index in [-0.39, 0.29) is 6.61 Å². The number of barbiturate groups is 1. The number of rotatable bonds is 4. The lowest BCUT2D eigenvalue weighted by molar-refractivity contribution is -0.139. The van der Waals surface area contributed by atoms with Crippen molar-refractivity contribution >= 4 is 17.8 Å². The van der Waals surface area contributed by atoms with Gasteiger partial charge in [0.1, 0.15) is 0 Å². The smallest absolute Gasteiger partial charge is 0.328 e. The van der Waals surface area contributed by atoms with E-state index in [9.17, 15) is 19.5 Å². The largest absolute Gasteiger partial charge is 0.396 e. The maximum atomic E-state index is 12.8. The first-order valence-corrected chi connectivity index (χ1v) is 7.85. The molecule has 1 saturated heterocycles. The molecule has 4 N–H and O–H groups in total. The standard InChI is InChI=1S/C17H19N3O4/c21-9-7-11-6-8-18-13(10-11)17(12-4-2-1-3-5-12)14(22)19-16(24)20-15(17)23/h1-5,10,13,18,21H,6-9H2,(H2,19,20,22,23,24). The number of carbonyl (C=O) groups is 3. The van der Waals surface area contributed by atoms with Crippen LogP contribution in [0.15, 0.2) is 42.0 Å². The number of nitrogens with one attached hydrogen (secondary N) is 3. The van der Waals surface area contributed by atoms with Crippen LogP contribution in [0.4, 0.5) is 4.79 Å². The van der Waals surface area contributed by atoms with E-state index in [1.165, 1.54) is 0 Å². The number of hydrogen-bond donors (Lipinski definition) is 4. The van der Waals surface area contributed by atoms with E-state index >= 15 is 0 Å². The molecule has 0 spiro atoms. The lowest BCUT2D eigenvalue weighted by atomic mass is 9.70. The molecule has 2 heterocycles. The van der Waals surface area contributed by atoms with E-state index in [1.807, 2.05) is 6.08 Å². The summed E-state index contributed by atoms with van der Waals surface area (Å²) in [7, 11) is 0. The van der Waals surface area contributed by atoms with Crippen molar-refractivity contribution in [3.05, 3.63) is 47.5 Å². The maximum Gasteiger partial charge on any atom is 0.328 e. The van der Waals surface area contributed by atoms with Gasteiger partial charge in [-0.3, -0.25) is 20.2 Å². The van der Waals surface area contributed by atoms with E-state index in [2.05, 4.69) is 16.0 Å². The summed E-state index contributed by atoms with van der Waals surface area (Å²) in [5, 5.41) is 16.8. The first kappa shape index (κ1) is 16.4. The quantitative estimate of drug-likeness (QED) is 0.458. The van der Waals surface area contributed by atoms with Gasteiger partial charge in [-0.25, -0.2) is 4.79 Å². The Morgan fingerprint density at radius 2 is 1.75 bits per heavy atom. The van der Waals surface area contributed by atoms with Gasteiger partial charge in [-0.2, -0.15) is 0 Å². The summed E-state index contributed by atoms with van der Waals surface area (Å²) in [5.74, 6) is -1.30. The summed E-state index contributed by atoms with van der Waals surface area (Å²) in [6.07, 6.45) is 3.05. The Balaban J connectivity index is 2.13. The van der Waals surface area contributed by atoms with E-state index in [0.717, 1.165) is 12.0 Å². The number of imide groups is 2. The van der Waals surface area contributed by atoms with Gasteiger partial charge in [-0.1, -0.05) is 42.0 Å². The first-order valence-electron chi connectivity index (χ1n) is 7.85. The third kappa shape index (κ3) is 2.61. The molecule has 1 aromatic rings. The van der Waals surface area contributed by atoms with Crippen molar-refractivity contribution in [2.24, 2.45) is 0 Å². The van der Waals surface area contributed by atoms with Crippen molar-refractivity contribution in [3.8, 4) is 0 Å². The monoisotopic (exact) mass is 329 g/mol. The SMILES string of the molecule is O=C1NC(=O)C(c2ccccc2)(C2C=C(CCO)CCN2)C(=O)N1. The van der Waals surface area contributed by atoms with Crippen molar-refractivity contribution in [1.29, 1.82) is 0 Å². The van der Waals surface area contributed by atoms with Crippen molar-refractivity contribution < 1.29 is 19.5 Å². The van der Waals surface area contributed by atoms with Gasteiger partial charge in [0.05, 0.1) is 6.04 Å². The molecule has 126 valence electrons. The normalized spacial score (nSPS) is 23.3. The summed E-state index contributed by atoms with van der Waals surface area (Å²) < 4.78 is 0. The predicted octanol–water partition coefficient (Wildman–Crippen LogP) is -0.0389. The molecule has 1 fully saturated rings. The van der Waals surface area contributed by atoms with Gasteiger partial charge < -0.3 is 10.4 Å². The topological polar surface area (TPSA) is 108 Å². The number of urea groups is 1. The molecule has 0 radical (unpaired) electrons. The molecular weight excluding hydrogens is 310 g/mol. The fraction of sp³-hybridized carbons (Fsp3) is 0.353. The van der Waals surface area contributed by atoms with Crippen LogP contribution in [0.5, 0.6) is 0 Å². The van der Waals surface area contributed by atoms with Crippen molar-refractivity contribution in [2.45, 2.75) is 24.3 Å². The van der Waals surface area contributed by atoms with Crippen LogP contribution in [0.3, 0.4) is 0 Å². The van der Waals surface area contributed by atoms with Crippen molar-refractivity contribution in [3.63, 3.8) is 0 Å². The fourth-order valence-electron chi connectivity index (χ4n) is 3.36. The lowest BCUT2D eigenvalue weighted by Crippen LogP contribution is -2.71. The Bertz CT molecular complexity index is 679. The van der Waals surface area contributed by atoms with Crippen LogP contribution >= 0.6 is 0 Å². The lowest BCUT2D eigenvalue weighted by Gasteiger charge is -2.41. The molecule has 2 aliphatic heterocycles. The fourth-order valence-corrected chi connectivity index (χ4v) is 3.36. The molecule has 7 heteroatoms. The predicted molar refractivity (Wildman–Crippen MR) is 86.0 cm³/mol. The average molecular weight is 329 g/mol. The van der Waals surface area contributed by atoms with Gasteiger partial charge in [0.2, 0.25) is 11.8 Å². The summed E-state index contributed by atoms with van der Waals surface area (Å²) in [6, 6.07) is 7.26. The zero-order valence-electron chi connectivity index (χ0n) is 13.0. The molecule has 2 aliphatic rings. The highest BCUT2D eigenvalue weighted by molar-refractivity contribution is 6.23. The van der Waals surface area contributed by atoms with Gasteiger partial charge in [-0.05, 0) is 24.9 Å². The van der Waals surface area contributed by atoms with E-state index in [4.69, 9.17) is 0 Å². The number of aliphatic hydroxyl groups excluding tert-OH is 1. The third-order valence-electron chi connectivity index (χ3n) is 4.51. The van der Waals surface area contributed by atoms with Crippen LogP contribution < -0.4 is 16.0 Å². The van der Waals surface area contributed by atoms with E-state index in [0.29, 0.717) is 18.5 Å². The molecule has 3 rings (SSSR count). The first-order chi connectivity index (χ1) is 11.6. The second-order valence-electron chi connectivity index (χ2n) is 5.89. The van der Waals surface area contributed by atoms with Crippen LogP contribution in [0.1, 0.15) is 18.4 Å². The van der Waals surface area contributed by atoms with Crippen LogP contribution in [0.2, 0.25) is 0 Å². The van der Waals surface area contributed by atoms with Crippen LogP contribution in [0.25, 0.3) is 0 Å². The summed E-state index contributed by atoms with van der Waals surface area (Å²) in [5.41, 5.74) is -0.0865. The zero-order valence-corrected chi connectivity index (χ0v) is 13.0. The summed E-state index contributed by atoms with van der Waals surface area (Å²) in [4.78, 5) is 37.1. The minimum atomic E-state index is -1.57. The molecule has 1 atom stereocenters. The van der Waals surface area contributed by atoms with Gasteiger partial charge in [0.15, 0.2) is 5.41 Å². The zero-order chi connectivity index (χ0) is 17.2. The summed E-state index contributed by atoms with van der Waals surface area (Å²) >= 11 is 0. The Kier molecular flexibility index (Phi) is 4.46. The number of amides is 4. The molecule has 24 heavy (non-hydrogen) atoms. The number of aliphatic hydroxyl groups is 1. The number of carbonyl (C=O) groups excluding carboxylic acids is 3. The Labute approximate surface area is 139 Å². The molecular formula is C17H19N3O4. The number of benzene rings is 1. The van der Waals surface area contributed by atoms with Crippen LogP contribution in [0, 0.1) is 0 Å². The Morgan fingerprint density at radius 1 is 1.08 bits per heavy atom. The van der Waals surface area contributed by atoms with Gasteiger partial charge in [0, 0.05) is 6.61 Å². The van der Waals surface area contributed by atoms with Crippen LogP contribution in [-0.4, -0.2) is 42.1 Å². The Morgan fingerprint density at radius 3 is 2.38 bits per heavy atom. The van der Waals surface area contributed by atoms with Crippen molar-refractivity contribution in [1.82, 2.24) is 16.0 Å². The van der Waals surface area contributed by atoms with Gasteiger partial charge >= 0.3 is 6.03 Å². The van der Waals surface area contributed by atoms with Gasteiger partial charge in [0.25, 0.3) is 0 Å². The summed E-state index contributed by atoms with van der Waals surface area (Å²) in [6.45, 7) is 0.591. The molecule has 7 nitrogen and oxygen atoms in total. The van der Waals surface area contributed by atoms with Gasteiger partial charge in [-0.15, -0.1) is 0 Å². The maximum absolute atomic E-state index is 12.8. The highest BCUT2D eigenvalue weighted by Gasteiger charge is 2.56. The molecule has 0 aromatic heterocycles. The van der Waals surface area contributed by atoms with Crippen molar-refractivity contribution in [2.75, 3.05) is 13.2 Å². The second kappa shape index (κ2) is 6.54. The highest BCUT2D eigenvalue weighted by atomic mass is 16.3. The van der Waals surface area contributed by atoms with E-state index in [1.54, 1.807) is 30.3 Å². The third-order valence-corrected chi connectivity index (χ3v) is 4.51. The Hall–Kier alpha value is -2.51. The molecule has 0 saturated carbocycles. The minimum absolute atomic E-state index is 0.00771. The minimum Gasteiger partial charge on any atom is -0.396 e. The van der Waals surface area contributed by atoms with Crippen LogP contribution in [-0.2, 0) is 15.0 Å². The highest BCUT2D eigenvalue weighted by Crippen LogP contribution is 2.34. The van der Waals surface area contributed by atoms with E-state index < -0.39 is 29.3 Å². The molecule has 0 aliphatic carbocycles. The number of hydrogen-bond acceptors (Lipinski definition) is 5. The molecule has 4 amide bonds.